The number of amides is 1. The first-order valence-electron chi connectivity index (χ1n) is 4.23. The van der Waals surface area contributed by atoms with Gasteiger partial charge in [0.15, 0.2) is 15.9 Å². The smallest absolute Gasteiger partial charge is 0.216 e. The first kappa shape index (κ1) is 12.8. The van der Waals surface area contributed by atoms with Gasteiger partial charge in [0.25, 0.3) is 0 Å². The molecular formula is C7H9ClN4O3S. The standard InChI is InChI=1S/C7H9ClN4O3S/c1-4(13)9-2-3-16-7-5(6(8)10-14)11-15-12-7/h14H,2-3H2,1H3,(H,9,13). The fourth-order valence-corrected chi connectivity index (χ4v) is 1.76. The summed E-state index contributed by atoms with van der Waals surface area (Å²) in [5.74, 6) is 0.477. The van der Waals surface area contributed by atoms with Crippen LogP contribution in [0.15, 0.2) is 14.8 Å². The fraction of sp³-hybridized carbons (Fsp3) is 0.429. The summed E-state index contributed by atoms with van der Waals surface area (Å²) in [6.45, 7) is 1.92. The molecule has 2 N–H and O–H groups in total. The monoisotopic (exact) mass is 264 g/mol. The highest BCUT2D eigenvalue weighted by Crippen LogP contribution is 2.20. The number of hydrogen-bond acceptors (Lipinski definition) is 7. The maximum absolute atomic E-state index is 10.6. The lowest BCUT2D eigenvalue weighted by molar-refractivity contribution is -0.118. The molecule has 7 nitrogen and oxygen atoms in total. The Morgan fingerprint density at radius 3 is 3.06 bits per heavy atom. The zero-order valence-corrected chi connectivity index (χ0v) is 9.88. The van der Waals surface area contributed by atoms with Crippen LogP contribution in [0.5, 0.6) is 0 Å². The number of thioether (sulfide) groups is 1. The van der Waals surface area contributed by atoms with Crippen LogP contribution in [0, 0.1) is 0 Å². The number of hydrogen-bond donors (Lipinski definition) is 2. The third-order valence-electron chi connectivity index (χ3n) is 1.46. The van der Waals surface area contributed by atoms with Crippen molar-refractivity contribution in [3.63, 3.8) is 0 Å². The second-order valence-corrected chi connectivity index (χ2v) is 4.08. The summed E-state index contributed by atoms with van der Waals surface area (Å²) in [6, 6.07) is 0. The van der Waals surface area contributed by atoms with E-state index in [1.165, 1.54) is 18.7 Å². The highest BCUT2D eigenvalue weighted by atomic mass is 35.5. The Morgan fingerprint density at radius 2 is 2.44 bits per heavy atom. The van der Waals surface area contributed by atoms with Crippen LogP contribution in [-0.4, -0.2) is 38.9 Å². The Kier molecular flexibility index (Phi) is 5.06. The Morgan fingerprint density at radius 1 is 1.69 bits per heavy atom. The van der Waals surface area contributed by atoms with E-state index in [2.05, 4.69) is 25.4 Å². The minimum Gasteiger partial charge on any atom is -0.410 e. The molecule has 0 atom stereocenters. The number of nitrogens with zero attached hydrogens (tertiary/aromatic N) is 3. The van der Waals surface area contributed by atoms with Crippen molar-refractivity contribution < 1.29 is 14.6 Å². The molecule has 0 spiro atoms. The molecule has 1 aromatic heterocycles. The molecule has 0 fully saturated rings. The summed E-state index contributed by atoms with van der Waals surface area (Å²) in [4.78, 5) is 10.6. The van der Waals surface area contributed by atoms with Gasteiger partial charge in [-0.2, -0.15) is 0 Å². The number of halogens is 1. The summed E-state index contributed by atoms with van der Waals surface area (Å²) < 4.78 is 4.46. The third-order valence-corrected chi connectivity index (χ3v) is 2.66. The molecule has 0 aliphatic carbocycles. The van der Waals surface area contributed by atoms with Gasteiger partial charge >= 0.3 is 0 Å². The average molecular weight is 265 g/mol. The normalized spacial score (nSPS) is 11.5. The predicted octanol–water partition coefficient (Wildman–Crippen LogP) is 0.672. The number of carbonyl (C=O) groups is 1. The first-order chi connectivity index (χ1) is 7.65. The molecule has 0 aromatic carbocycles. The number of nitrogens with one attached hydrogen (secondary N) is 1. The van der Waals surface area contributed by atoms with Crippen molar-refractivity contribution in [3.05, 3.63) is 5.69 Å². The van der Waals surface area contributed by atoms with Crippen LogP contribution in [0.3, 0.4) is 0 Å². The van der Waals surface area contributed by atoms with E-state index in [1.54, 1.807) is 0 Å². The van der Waals surface area contributed by atoms with Gasteiger partial charge in [0.1, 0.15) is 0 Å². The summed E-state index contributed by atoms with van der Waals surface area (Å²) in [5.41, 5.74) is 0.178. The molecule has 0 bridgehead atoms. The lowest BCUT2D eigenvalue weighted by atomic mass is 10.5. The van der Waals surface area contributed by atoms with Gasteiger partial charge in [-0.05, 0) is 10.3 Å². The topological polar surface area (TPSA) is 101 Å². The minimum absolute atomic E-state index is 0.103. The van der Waals surface area contributed by atoms with Crippen molar-refractivity contribution in [2.45, 2.75) is 11.9 Å². The van der Waals surface area contributed by atoms with Gasteiger partial charge in [-0.3, -0.25) is 4.79 Å². The van der Waals surface area contributed by atoms with Crippen molar-refractivity contribution in [2.24, 2.45) is 5.16 Å². The minimum atomic E-state index is -0.191. The summed E-state index contributed by atoms with van der Waals surface area (Å²) >= 11 is 6.84. The Balaban J connectivity index is 2.48. The Bertz CT molecular complexity index is 395. The van der Waals surface area contributed by atoms with Gasteiger partial charge in [0.05, 0.1) is 0 Å². The fourth-order valence-electron chi connectivity index (χ4n) is 0.823. The highest BCUT2D eigenvalue weighted by molar-refractivity contribution is 7.99. The van der Waals surface area contributed by atoms with Gasteiger partial charge < -0.3 is 10.5 Å². The van der Waals surface area contributed by atoms with Crippen LogP contribution in [0.2, 0.25) is 0 Å². The van der Waals surface area contributed by atoms with Crippen molar-refractivity contribution in [3.8, 4) is 0 Å². The molecule has 0 aliphatic heterocycles. The van der Waals surface area contributed by atoms with Crippen LogP contribution in [0.4, 0.5) is 0 Å². The summed E-state index contributed by atoms with van der Waals surface area (Å²) in [7, 11) is 0. The highest BCUT2D eigenvalue weighted by Gasteiger charge is 2.15. The average Bonchev–Trinajstić information content (AvgIpc) is 2.71. The molecule has 1 amide bonds. The van der Waals surface area contributed by atoms with Crippen LogP contribution < -0.4 is 5.32 Å². The van der Waals surface area contributed by atoms with Crippen molar-refractivity contribution >= 4 is 34.4 Å². The Hall–Kier alpha value is -1.28. The van der Waals surface area contributed by atoms with Crippen LogP contribution in [-0.2, 0) is 4.79 Å². The molecule has 0 unspecified atom stereocenters. The molecule has 0 saturated heterocycles. The molecule has 16 heavy (non-hydrogen) atoms. The first-order valence-corrected chi connectivity index (χ1v) is 5.59. The SMILES string of the molecule is CC(=O)NCCSc1nonc1C(Cl)=NO. The predicted molar refractivity (Wildman–Crippen MR) is 57.9 cm³/mol. The maximum Gasteiger partial charge on any atom is 0.216 e. The van der Waals surface area contributed by atoms with E-state index in [0.29, 0.717) is 17.3 Å². The molecule has 0 aliphatic rings. The van der Waals surface area contributed by atoms with E-state index in [-0.39, 0.29) is 16.8 Å². The molecule has 0 radical (unpaired) electrons. The largest absolute Gasteiger partial charge is 0.410 e. The molecule has 1 aromatic rings. The van der Waals surface area contributed by atoms with E-state index in [4.69, 9.17) is 16.8 Å². The second kappa shape index (κ2) is 6.33. The Labute approximate surface area is 100 Å². The van der Waals surface area contributed by atoms with Gasteiger partial charge in [0.2, 0.25) is 5.91 Å². The van der Waals surface area contributed by atoms with Crippen LogP contribution >= 0.6 is 23.4 Å². The van der Waals surface area contributed by atoms with E-state index in [9.17, 15) is 4.79 Å². The molecule has 1 heterocycles. The van der Waals surface area contributed by atoms with Crippen molar-refractivity contribution in [1.29, 1.82) is 0 Å². The third kappa shape index (κ3) is 3.70. The van der Waals surface area contributed by atoms with Crippen molar-refractivity contribution in [1.82, 2.24) is 15.6 Å². The molecule has 9 heteroatoms. The van der Waals surface area contributed by atoms with Gasteiger partial charge in [-0.25, -0.2) is 4.63 Å². The van der Waals surface area contributed by atoms with Crippen LogP contribution in [0.25, 0.3) is 0 Å². The van der Waals surface area contributed by atoms with Crippen LogP contribution in [0.1, 0.15) is 12.6 Å². The van der Waals surface area contributed by atoms with E-state index >= 15 is 0 Å². The van der Waals surface area contributed by atoms with E-state index in [0.717, 1.165) is 0 Å². The second-order valence-electron chi connectivity index (χ2n) is 2.64. The number of carbonyl (C=O) groups excluding carboxylic acids is 1. The quantitative estimate of drug-likeness (QED) is 0.267. The molecule has 88 valence electrons. The number of aromatic nitrogens is 2. The molecular weight excluding hydrogens is 256 g/mol. The van der Waals surface area contributed by atoms with E-state index < -0.39 is 0 Å². The van der Waals surface area contributed by atoms with E-state index in [1.807, 2.05) is 0 Å². The van der Waals surface area contributed by atoms with Gasteiger partial charge in [0, 0.05) is 19.2 Å². The zero-order chi connectivity index (χ0) is 12.0. The lowest BCUT2D eigenvalue weighted by Gasteiger charge is -1.99. The maximum atomic E-state index is 10.6. The number of rotatable bonds is 5. The molecule has 0 saturated carbocycles. The summed E-state index contributed by atoms with van der Waals surface area (Å²) in [6.07, 6.45) is 0. The molecule has 1 rings (SSSR count). The van der Waals surface area contributed by atoms with Crippen molar-refractivity contribution in [2.75, 3.05) is 12.3 Å². The summed E-state index contributed by atoms with van der Waals surface area (Å²) in [5, 5.41) is 21.2. The van der Waals surface area contributed by atoms with Gasteiger partial charge in [-0.1, -0.05) is 28.5 Å². The zero-order valence-electron chi connectivity index (χ0n) is 8.31. The lowest BCUT2D eigenvalue weighted by Crippen LogP contribution is -2.22. The number of oxime groups is 1. The van der Waals surface area contributed by atoms with Gasteiger partial charge in [-0.15, -0.1) is 0 Å².